The van der Waals surface area contributed by atoms with Crippen molar-refractivity contribution in [1.82, 2.24) is 4.98 Å². The molecule has 0 bridgehead atoms. The molecular weight excluding hydrogens is 230 g/mol. The number of aryl methyl sites for hydroxylation is 1. The number of hydrogen-bond acceptors (Lipinski definition) is 3. The van der Waals surface area contributed by atoms with Gasteiger partial charge in [-0.3, -0.25) is 0 Å². The van der Waals surface area contributed by atoms with Gasteiger partial charge in [0.1, 0.15) is 16.6 Å². The molecule has 0 radical (unpaired) electrons. The van der Waals surface area contributed by atoms with Crippen LogP contribution in [-0.4, -0.2) is 4.98 Å². The van der Waals surface area contributed by atoms with Gasteiger partial charge in [-0.1, -0.05) is 0 Å². The van der Waals surface area contributed by atoms with Crippen molar-refractivity contribution in [3.05, 3.63) is 45.9 Å². The van der Waals surface area contributed by atoms with E-state index in [1.807, 2.05) is 12.3 Å². The van der Waals surface area contributed by atoms with Gasteiger partial charge in [0.15, 0.2) is 0 Å². The summed E-state index contributed by atoms with van der Waals surface area (Å²) in [5.74, 6) is -1.17. The van der Waals surface area contributed by atoms with E-state index in [1.54, 1.807) is 0 Å². The minimum atomic E-state index is -0.590. The molecule has 0 aliphatic carbocycles. The molecule has 2 aromatic rings. The van der Waals surface area contributed by atoms with Gasteiger partial charge in [0.25, 0.3) is 0 Å². The van der Waals surface area contributed by atoms with E-state index in [0.717, 1.165) is 16.8 Å². The Morgan fingerprint density at radius 2 is 2.19 bits per heavy atom. The van der Waals surface area contributed by atoms with Crippen molar-refractivity contribution >= 4 is 17.0 Å². The fourth-order valence-corrected chi connectivity index (χ4v) is 2.00. The molecule has 0 aliphatic heterocycles. The van der Waals surface area contributed by atoms with E-state index < -0.39 is 11.6 Å². The van der Waals surface area contributed by atoms with Crippen molar-refractivity contribution < 1.29 is 8.78 Å². The smallest absolute Gasteiger partial charge is 0.149 e. The van der Waals surface area contributed by atoms with Gasteiger partial charge in [-0.2, -0.15) is 0 Å². The maximum Gasteiger partial charge on any atom is 0.149 e. The molecule has 0 unspecified atom stereocenters. The number of hydrogen-bond donors (Lipinski definition) is 1. The van der Waals surface area contributed by atoms with Crippen LogP contribution in [0.15, 0.2) is 23.6 Å². The second kappa shape index (κ2) is 4.57. The predicted molar refractivity (Wildman–Crippen MR) is 60.5 cm³/mol. The second-order valence-corrected chi connectivity index (χ2v) is 4.30. The lowest BCUT2D eigenvalue weighted by Gasteiger charge is -2.05. The van der Waals surface area contributed by atoms with E-state index in [0.29, 0.717) is 6.54 Å². The summed E-state index contributed by atoms with van der Waals surface area (Å²) in [5.41, 5.74) is 1.23. The van der Waals surface area contributed by atoms with Crippen LogP contribution in [0.4, 0.5) is 14.5 Å². The third-order valence-corrected chi connectivity index (χ3v) is 2.99. The number of halogens is 2. The van der Waals surface area contributed by atoms with Crippen LogP contribution in [0.25, 0.3) is 0 Å². The lowest BCUT2D eigenvalue weighted by atomic mass is 10.3. The monoisotopic (exact) mass is 240 g/mol. The summed E-state index contributed by atoms with van der Waals surface area (Å²) < 4.78 is 25.9. The van der Waals surface area contributed by atoms with Gasteiger partial charge in [0, 0.05) is 17.1 Å². The van der Waals surface area contributed by atoms with Crippen LogP contribution in [0, 0.1) is 18.6 Å². The molecule has 0 saturated carbocycles. The first-order valence-corrected chi connectivity index (χ1v) is 5.63. The molecule has 5 heteroatoms. The van der Waals surface area contributed by atoms with Crippen molar-refractivity contribution in [3.8, 4) is 0 Å². The molecule has 0 atom stereocenters. The van der Waals surface area contributed by atoms with E-state index in [1.165, 1.54) is 23.5 Å². The Kier molecular flexibility index (Phi) is 3.14. The van der Waals surface area contributed by atoms with Gasteiger partial charge in [0.05, 0.1) is 12.2 Å². The Bertz CT molecular complexity index is 496. The van der Waals surface area contributed by atoms with Gasteiger partial charge >= 0.3 is 0 Å². The number of thiazole rings is 1. The lowest BCUT2D eigenvalue weighted by Crippen LogP contribution is -2.01. The summed E-state index contributed by atoms with van der Waals surface area (Å²) in [5, 5.41) is 5.68. The number of nitrogens with one attached hydrogen (secondary N) is 1. The first-order valence-electron chi connectivity index (χ1n) is 4.75. The molecule has 2 nitrogen and oxygen atoms in total. The van der Waals surface area contributed by atoms with Gasteiger partial charge in [0.2, 0.25) is 0 Å². The third-order valence-electron chi connectivity index (χ3n) is 2.03. The maximum atomic E-state index is 13.2. The average Bonchev–Trinajstić information content (AvgIpc) is 2.63. The van der Waals surface area contributed by atoms with Crippen LogP contribution in [0.2, 0.25) is 0 Å². The quantitative estimate of drug-likeness (QED) is 0.890. The van der Waals surface area contributed by atoms with E-state index in [9.17, 15) is 8.78 Å². The molecule has 84 valence electrons. The van der Waals surface area contributed by atoms with Crippen LogP contribution >= 0.6 is 11.3 Å². The minimum Gasteiger partial charge on any atom is -0.376 e. The van der Waals surface area contributed by atoms with Crippen LogP contribution < -0.4 is 5.32 Å². The normalized spacial score (nSPS) is 10.4. The van der Waals surface area contributed by atoms with E-state index >= 15 is 0 Å². The Morgan fingerprint density at radius 3 is 2.81 bits per heavy atom. The topological polar surface area (TPSA) is 24.9 Å². The van der Waals surface area contributed by atoms with Gasteiger partial charge < -0.3 is 5.32 Å². The highest BCUT2D eigenvalue weighted by molar-refractivity contribution is 7.09. The molecule has 0 spiro atoms. The summed E-state index contributed by atoms with van der Waals surface area (Å²) in [6.07, 6.45) is 0. The summed E-state index contributed by atoms with van der Waals surface area (Å²) in [4.78, 5) is 4.23. The zero-order valence-corrected chi connectivity index (χ0v) is 9.44. The summed E-state index contributed by atoms with van der Waals surface area (Å²) in [6.45, 7) is 2.35. The molecule has 0 saturated heterocycles. The summed E-state index contributed by atoms with van der Waals surface area (Å²) >= 11 is 1.51. The molecule has 0 fully saturated rings. The van der Waals surface area contributed by atoms with E-state index in [4.69, 9.17) is 0 Å². The molecule has 1 heterocycles. The van der Waals surface area contributed by atoms with Crippen LogP contribution in [-0.2, 0) is 6.54 Å². The van der Waals surface area contributed by atoms with Crippen molar-refractivity contribution in [2.45, 2.75) is 13.5 Å². The first kappa shape index (κ1) is 11.0. The number of benzene rings is 1. The number of nitrogens with zero attached hydrogens (tertiary/aromatic N) is 1. The highest BCUT2D eigenvalue weighted by atomic mass is 32.1. The van der Waals surface area contributed by atoms with Crippen LogP contribution in [0.3, 0.4) is 0 Å². The number of rotatable bonds is 3. The Hall–Kier alpha value is -1.49. The lowest BCUT2D eigenvalue weighted by molar-refractivity contribution is 0.585. The highest BCUT2D eigenvalue weighted by Crippen LogP contribution is 2.17. The standard InChI is InChI=1S/C11H10F2N2S/c1-7-6-16-11(15-7)5-14-10-3-2-8(12)4-9(10)13/h2-4,6,14H,5H2,1H3. The third kappa shape index (κ3) is 2.55. The van der Waals surface area contributed by atoms with Crippen molar-refractivity contribution in [3.63, 3.8) is 0 Å². The van der Waals surface area contributed by atoms with Crippen molar-refractivity contribution in [2.24, 2.45) is 0 Å². The van der Waals surface area contributed by atoms with E-state index in [-0.39, 0.29) is 5.69 Å². The minimum absolute atomic E-state index is 0.286. The summed E-state index contributed by atoms with van der Waals surface area (Å²) in [7, 11) is 0. The number of anilines is 1. The highest BCUT2D eigenvalue weighted by Gasteiger charge is 2.04. The zero-order valence-electron chi connectivity index (χ0n) is 8.63. The van der Waals surface area contributed by atoms with Crippen molar-refractivity contribution in [2.75, 3.05) is 5.32 Å². The van der Waals surface area contributed by atoms with Crippen LogP contribution in [0.5, 0.6) is 0 Å². The van der Waals surface area contributed by atoms with Crippen molar-refractivity contribution in [1.29, 1.82) is 0 Å². The largest absolute Gasteiger partial charge is 0.376 e. The van der Waals surface area contributed by atoms with Gasteiger partial charge in [-0.05, 0) is 19.1 Å². The van der Waals surface area contributed by atoms with E-state index in [2.05, 4.69) is 10.3 Å². The fourth-order valence-electron chi connectivity index (χ4n) is 1.29. The Morgan fingerprint density at radius 1 is 1.38 bits per heavy atom. The molecule has 0 amide bonds. The SMILES string of the molecule is Cc1csc(CNc2ccc(F)cc2F)n1. The van der Waals surface area contributed by atoms with Gasteiger partial charge in [-0.15, -0.1) is 11.3 Å². The Balaban J connectivity index is 2.04. The molecule has 1 aromatic carbocycles. The fraction of sp³-hybridized carbons (Fsp3) is 0.182. The van der Waals surface area contributed by atoms with Crippen LogP contribution in [0.1, 0.15) is 10.7 Å². The predicted octanol–water partition coefficient (Wildman–Crippen LogP) is 3.34. The molecule has 16 heavy (non-hydrogen) atoms. The molecule has 1 aromatic heterocycles. The molecule has 2 rings (SSSR count). The number of aromatic nitrogens is 1. The Labute approximate surface area is 96.0 Å². The molecule has 1 N–H and O–H groups in total. The second-order valence-electron chi connectivity index (χ2n) is 3.36. The zero-order chi connectivity index (χ0) is 11.5. The first-order chi connectivity index (χ1) is 7.65. The molecular formula is C11H10F2N2S. The maximum absolute atomic E-state index is 13.2. The van der Waals surface area contributed by atoms with Gasteiger partial charge in [-0.25, -0.2) is 13.8 Å². The molecule has 0 aliphatic rings. The average molecular weight is 240 g/mol. The summed E-state index contributed by atoms with van der Waals surface area (Å²) in [6, 6.07) is 3.46.